The van der Waals surface area contributed by atoms with Gasteiger partial charge in [0, 0.05) is 40.7 Å². The minimum absolute atomic E-state index is 0.0504. The van der Waals surface area contributed by atoms with Gasteiger partial charge in [-0.15, -0.1) is 11.6 Å². The van der Waals surface area contributed by atoms with Crippen molar-refractivity contribution < 1.29 is 14.6 Å². The van der Waals surface area contributed by atoms with Gasteiger partial charge in [0.1, 0.15) is 6.10 Å². The highest BCUT2D eigenvalue weighted by Crippen LogP contribution is 2.54. The first kappa shape index (κ1) is 14.7. The number of aliphatic hydroxyl groups is 1. The normalized spacial score (nSPS) is 46.4. The summed E-state index contributed by atoms with van der Waals surface area (Å²) in [6.07, 6.45) is 3.37. The van der Waals surface area contributed by atoms with E-state index in [1.807, 2.05) is 6.08 Å². The molecule has 7 atom stereocenters. The zero-order valence-corrected chi connectivity index (χ0v) is 13.1. The number of carbonyl (C=O) groups is 1. The SMILES string of the molecule is CC(=O)OC1C2C=C(Cl)CC1C1C=C(Cl)C(Cl)C2C1O. The van der Waals surface area contributed by atoms with Gasteiger partial charge in [0.25, 0.3) is 0 Å². The van der Waals surface area contributed by atoms with Crippen molar-refractivity contribution in [2.45, 2.75) is 30.9 Å². The molecular formula is C14H15Cl3O3. The second-order valence-corrected chi connectivity index (χ2v) is 7.12. The van der Waals surface area contributed by atoms with E-state index in [1.165, 1.54) is 6.92 Å². The highest BCUT2D eigenvalue weighted by atomic mass is 35.5. The van der Waals surface area contributed by atoms with Crippen molar-refractivity contribution in [2.24, 2.45) is 23.7 Å². The average Bonchev–Trinajstić information content (AvgIpc) is 2.35. The minimum atomic E-state index is -0.581. The predicted molar refractivity (Wildman–Crippen MR) is 77.7 cm³/mol. The number of ether oxygens (including phenoxy) is 1. The van der Waals surface area contributed by atoms with E-state index in [1.54, 1.807) is 6.08 Å². The van der Waals surface area contributed by atoms with Crippen molar-refractivity contribution in [1.29, 1.82) is 0 Å². The molecule has 0 aromatic heterocycles. The van der Waals surface area contributed by atoms with Gasteiger partial charge in [-0.2, -0.15) is 0 Å². The van der Waals surface area contributed by atoms with Crippen LogP contribution < -0.4 is 0 Å². The number of hydrogen-bond acceptors (Lipinski definition) is 3. The largest absolute Gasteiger partial charge is 0.462 e. The molecule has 0 spiro atoms. The number of allylic oxidation sites excluding steroid dienone is 2. The van der Waals surface area contributed by atoms with E-state index in [4.69, 9.17) is 39.5 Å². The maximum absolute atomic E-state index is 11.4. The first-order chi connectivity index (χ1) is 9.40. The van der Waals surface area contributed by atoms with E-state index in [2.05, 4.69) is 0 Å². The number of halogens is 3. The summed E-state index contributed by atoms with van der Waals surface area (Å²) in [7, 11) is 0. The predicted octanol–water partition coefficient (Wildman–Crippen LogP) is 3.03. The molecule has 3 rings (SSSR count). The van der Waals surface area contributed by atoms with Gasteiger partial charge in [-0.05, 0) is 6.42 Å². The summed E-state index contributed by atoms with van der Waals surface area (Å²) in [5, 5.41) is 11.3. The van der Waals surface area contributed by atoms with Crippen molar-refractivity contribution in [1.82, 2.24) is 0 Å². The Morgan fingerprint density at radius 1 is 1.35 bits per heavy atom. The fourth-order valence-corrected chi connectivity index (χ4v) is 4.83. The Balaban J connectivity index is 2.06. The topological polar surface area (TPSA) is 46.5 Å². The maximum atomic E-state index is 11.4. The fourth-order valence-electron chi connectivity index (χ4n) is 3.83. The van der Waals surface area contributed by atoms with Gasteiger partial charge >= 0.3 is 5.97 Å². The Morgan fingerprint density at radius 3 is 2.70 bits per heavy atom. The Labute approximate surface area is 132 Å². The molecule has 4 bridgehead atoms. The minimum Gasteiger partial charge on any atom is -0.462 e. The van der Waals surface area contributed by atoms with Gasteiger partial charge < -0.3 is 9.84 Å². The molecule has 3 nitrogen and oxygen atoms in total. The van der Waals surface area contributed by atoms with Crippen LogP contribution in [0.3, 0.4) is 0 Å². The number of fused-ring (bicyclic) bond motifs is 6. The summed E-state index contributed by atoms with van der Waals surface area (Å²) >= 11 is 18.7. The van der Waals surface area contributed by atoms with Crippen LogP contribution in [0.4, 0.5) is 0 Å². The van der Waals surface area contributed by atoms with Crippen LogP contribution in [0.2, 0.25) is 0 Å². The quantitative estimate of drug-likeness (QED) is 0.591. The summed E-state index contributed by atoms with van der Waals surface area (Å²) in [6, 6.07) is 0. The summed E-state index contributed by atoms with van der Waals surface area (Å²) in [6.45, 7) is 1.39. The number of rotatable bonds is 1. The standard InChI is InChI=1S/C14H15Cl3O3/c1-5(18)20-14-8-2-6(15)3-9(14)11-12(17)10(16)4-7(8)13(11)19/h3-4,7-9,11-14,19H,2H2,1H3. The molecule has 110 valence electrons. The molecule has 1 saturated carbocycles. The van der Waals surface area contributed by atoms with Crippen LogP contribution in [0.1, 0.15) is 13.3 Å². The Kier molecular flexibility index (Phi) is 3.83. The molecular weight excluding hydrogens is 323 g/mol. The van der Waals surface area contributed by atoms with Crippen LogP contribution in [0.25, 0.3) is 0 Å². The molecule has 0 aromatic rings. The van der Waals surface area contributed by atoms with Crippen LogP contribution in [-0.2, 0) is 9.53 Å². The van der Waals surface area contributed by atoms with E-state index in [0.29, 0.717) is 11.5 Å². The Bertz CT molecular complexity index is 502. The van der Waals surface area contributed by atoms with Crippen LogP contribution >= 0.6 is 34.8 Å². The summed E-state index contributed by atoms with van der Waals surface area (Å²) in [5.74, 6) is -1.03. The van der Waals surface area contributed by atoms with E-state index in [-0.39, 0.29) is 35.7 Å². The molecule has 0 saturated heterocycles. The first-order valence-corrected chi connectivity index (χ1v) is 7.82. The van der Waals surface area contributed by atoms with Crippen molar-refractivity contribution in [2.75, 3.05) is 0 Å². The molecule has 0 aromatic carbocycles. The van der Waals surface area contributed by atoms with E-state index < -0.39 is 11.5 Å². The van der Waals surface area contributed by atoms with E-state index in [9.17, 15) is 9.90 Å². The van der Waals surface area contributed by atoms with Crippen molar-refractivity contribution >= 4 is 40.8 Å². The van der Waals surface area contributed by atoms with Gasteiger partial charge in [0.2, 0.25) is 0 Å². The fraction of sp³-hybridized carbons (Fsp3) is 0.643. The highest BCUT2D eigenvalue weighted by molar-refractivity contribution is 6.37. The first-order valence-electron chi connectivity index (χ1n) is 6.63. The number of esters is 1. The summed E-state index contributed by atoms with van der Waals surface area (Å²) in [5.41, 5.74) is 0. The molecule has 6 heteroatoms. The molecule has 0 amide bonds. The van der Waals surface area contributed by atoms with Crippen LogP contribution in [0.15, 0.2) is 22.2 Å². The molecule has 1 N–H and O–H groups in total. The molecule has 0 heterocycles. The number of aliphatic hydroxyl groups excluding tert-OH is 1. The van der Waals surface area contributed by atoms with Gasteiger partial charge in [-0.1, -0.05) is 35.4 Å². The molecule has 20 heavy (non-hydrogen) atoms. The molecule has 0 aliphatic heterocycles. The zero-order valence-electron chi connectivity index (χ0n) is 10.8. The molecule has 1 fully saturated rings. The molecule has 3 aliphatic carbocycles. The average molecular weight is 338 g/mol. The third-order valence-corrected chi connectivity index (χ3v) is 5.87. The Morgan fingerprint density at radius 2 is 2.05 bits per heavy atom. The molecule has 0 radical (unpaired) electrons. The second kappa shape index (κ2) is 5.20. The van der Waals surface area contributed by atoms with E-state index in [0.717, 1.165) is 5.03 Å². The monoisotopic (exact) mass is 336 g/mol. The maximum Gasteiger partial charge on any atom is 0.302 e. The van der Waals surface area contributed by atoms with Crippen molar-refractivity contribution in [3.63, 3.8) is 0 Å². The highest BCUT2D eigenvalue weighted by Gasteiger charge is 2.56. The molecule has 3 aliphatic rings. The third kappa shape index (κ3) is 2.19. The number of carbonyl (C=O) groups excluding carboxylic acids is 1. The second-order valence-electron chi connectivity index (χ2n) is 5.73. The van der Waals surface area contributed by atoms with Crippen LogP contribution in [0, 0.1) is 23.7 Å². The summed E-state index contributed by atoms with van der Waals surface area (Å²) in [4.78, 5) is 11.4. The molecule has 7 unspecified atom stereocenters. The number of hydrogen-bond donors (Lipinski definition) is 1. The van der Waals surface area contributed by atoms with Gasteiger partial charge in [0.05, 0.1) is 11.5 Å². The lowest BCUT2D eigenvalue weighted by Gasteiger charge is -2.53. The smallest absolute Gasteiger partial charge is 0.302 e. The zero-order chi connectivity index (χ0) is 14.6. The lowest BCUT2D eigenvalue weighted by molar-refractivity contribution is -0.166. The lowest BCUT2D eigenvalue weighted by Crippen LogP contribution is -2.58. The van der Waals surface area contributed by atoms with Gasteiger partial charge in [-0.3, -0.25) is 4.79 Å². The van der Waals surface area contributed by atoms with Crippen LogP contribution in [0.5, 0.6) is 0 Å². The number of alkyl halides is 1. The van der Waals surface area contributed by atoms with E-state index >= 15 is 0 Å². The van der Waals surface area contributed by atoms with Crippen LogP contribution in [-0.4, -0.2) is 28.7 Å². The van der Waals surface area contributed by atoms with Gasteiger partial charge in [-0.25, -0.2) is 0 Å². The lowest BCUT2D eigenvalue weighted by atomic mass is 9.58. The van der Waals surface area contributed by atoms with Crippen molar-refractivity contribution in [3.05, 3.63) is 22.2 Å². The Hall–Kier alpha value is -0.220. The van der Waals surface area contributed by atoms with Crippen molar-refractivity contribution in [3.8, 4) is 0 Å². The summed E-state index contributed by atoms with van der Waals surface area (Å²) < 4.78 is 5.49. The van der Waals surface area contributed by atoms with Gasteiger partial charge in [0.15, 0.2) is 0 Å². The third-order valence-electron chi connectivity index (χ3n) is 4.59.